The Hall–Kier alpha value is -0.910. The lowest BCUT2D eigenvalue weighted by Gasteiger charge is -2.41. The number of likely N-dealkylation sites (N-methyl/N-ethyl adjacent to an activating group) is 1. The second-order valence-corrected chi connectivity index (χ2v) is 5.33. The number of nitrogens with zero attached hydrogens (tertiary/aromatic N) is 3. The zero-order valence-corrected chi connectivity index (χ0v) is 11.4. The van der Waals surface area contributed by atoms with Gasteiger partial charge in [0.15, 0.2) is 0 Å². The van der Waals surface area contributed by atoms with Gasteiger partial charge in [-0.1, -0.05) is 0 Å². The summed E-state index contributed by atoms with van der Waals surface area (Å²) in [4.78, 5) is 2.11. The first-order valence-electron chi connectivity index (χ1n) is 5.87. The van der Waals surface area contributed by atoms with Gasteiger partial charge in [-0.25, -0.2) is 0 Å². The Bertz CT molecular complexity index is 359. The van der Waals surface area contributed by atoms with Gasteiger partial charge in [0.25, 0.3) is 0 Å². The summed E-state index contributed by atoms with van der Waals surface area (Å²) < 4.78 is 1.77. The fourth-order valence-electron chi connectivity index (χ4n) is 1.96. The van der Waals surface area contributed by atoms with Gasteiger partial charge in [0.1, 0.15) is 0 Å². The Morgan fingerprint density at radius 2 is 2.18 bits per heavy atom. The molecule has 5 nitrogen and oxygen atoms in total. The Morgan fingerprint density at radius 1 is 1.59 bits per heavy atom. The summed E-state index contributed by atoms with van der Waals surface area (Å²) in [5, 5.41) is 13.6. The molecule has 0 saturated heterocycles. The molecule has 5 heteroatoms. The fourth-order valence-corrected chi connectivity index (χ4v) is 1.96. The molecule has 0 bridgehead atoms. The maximum Gasteiger partial charge on any atom is 0.0610 e. The van der Waals surface area contributed by atoms with Gasteiger partial charge in [0.05, 0.1) is 18.8 Å². The molecule has 0 saturated carbocycles. The van der Waals surface area contributed by atoms with Crippen LogP contribution in [0.1, 0.15) is 32.4 Å². The molecule has 0 aliphatic rings. The average molecular weight is 240 g/mol. The molecule has 0 aliphatic heterocycles. The van der Waals surface area contributed by atoms with Crippen molar-refractivity contribution in [1.82, 2.24) is 14.7 Å². The zero-order chi connectivity index (χ0) is 13.2. The van der Waals surface area contributed by atoms with E-state index in [1.807, 2.05) is 47.3 Å². The van der Waals surface area contributed by atoms with Crippen molar-refractivity contribution in [3.63, 3.8) is 0 Å². The zero-order valence-electron chi connectivity index (χ0n) is 11.4. The van der Waals surface area contributed by atoms with E-state index in [1.165, 1.54) is 0 Å². The minimum atomic E-state index is -0.311. The quantitative estimate of drug-likeness (QED) is 0.787. The summed E-state index contributed by atoms with van der Waals surface area (Å²) in [7, 11) is 3.87. The van der Waals surface area contributed by atoms with Crippen LogP contribution >= 0.6 is 0 Å². The SMILES string of the molecule is CC(N)C(c1cnn(C)c1)N(C)C(C)(C)CO. The maximum atomic E-state index is 9.44. The molecule has 3 N–H and O–H groups in total. The van der Waals surface area contributed by atoms with E-state index < -0.39 is 0 Å². The van der Waals surface area contributed by atoms with Crippen LogP contribution < -0.4 is 5.73 Å². The molecule has 2 atom stereocenters. The Balaban J connectivity index is 3.02. The molecule has 17 heavy (non-hydrogen) atoms. The molecule has 0 aliphatic carbocycles. The first-order chi connectivity index (χ1) is 7.79. The summed E-state index contributed by atoms with van der Waals surface area (Å²) in [6.07, 6.45) is 3.80. The predicted octanol–water partition coefficient (Wildman–Crippen LogP) is 0.511. The average Bonchev–Trinajstić information content (AvgIpc) is 2.64. The summed E-state index contributed by atoms with van der Waals surface area (Å²) in [6.45, 7) is 6.06. The lowest BCUT2D eigenvalue weighted by molar-refractivity contribution is 0.0370. The van der Waals surface area contributed by atoms with Crippen LogP contribution in [0.2, 0.25) is 0 Å². The first-order valence-corrected chi connectivity index (χ1v) is 5.87. The van der Waals surface area contributed by atoms with E-state index in [1.54, 1.807) is 4.68 Å². The largest absolute Gasteiger partial charge is 0.394 e. The van der Waals surface area contributed by atoms with Crippen LogP contribution in [-0.2, 0) is 7.05 Å². The van der Waals surface area contributed by atoms with Gasteiger partial charge in [-0.3, -0.25) is 9.58 Å². The number of hydrogen-bond acceptors (Lipinski definition) is 4. The van der Waals surface area contributed by atoms with Crippen LogP contribution in [0.25, 0.3) is 0 Å². The van der Waals surface area contributed by atoms with Crippen molar-refractivity contribution in [1.29, 1.82) is 0 Å². The van der Waals surface area contributed by atoms with Crippen molar-refractivity contribution in [3.05, 3.63) is 18.0 Å². The van der Waals surface area contributed by atoms with Crippen LogP contribution in [-0.4, -0.2) is 45.0 Å². The minimum Gasteiger partial charge on any atom is -0.394 e. The molecule has 0 radical (unpaired) electrons. The Morgan fingerprint density at radius 3 is 2.53 bits per heavy atom. The monoisotopic (exact) mass is 240 g/mol. The molecule has 0 aromatic carbocycles. The molecule has 0 spiro atoms. The fraction of sp³-hybridized carbons (Fsp3) is 0.750. The number of hydrogen-bond donors (Lipinski definition) is 2. The highest BCUT2D eigenvalue weighted by Gasteiger charge is 2.32. The molecule has 0 fully saturated rings. The van der Waals surface area contributed by atoms with Gasteiger partial charge in [-0.15, -0.1) is 0 Å². The van der Waals surface area contributed by atoms with E-state index in [9.17, 15) is 5.11 Å². The molecular weight excluding hydrogens is 216 g/mol. The van der Waals surface area contributed by atoms with Crippen LogP contribution in [0.4, 0.5) is 0 Å². The highest BCUT2D eigenvalue weighted by atomic mass is 16.3. The van der Waals surface area contributed by atoms with Gasteiger partial charge >= 0.3 is 0 Å². The van der Waals surface area contributed by atoms with Gasteiger partial charge in [-0.05, 0) is 27.8 Å². The Labute approximate surface area is 103 Å². The number of aliphatic hydroxyl groups is 1. The van der Waals surface area contributed by atoms with Gasteiger partial charge < -0.3 is 10.8 Å². The third-order valence-electron chi connectivity index (χ3n) is 3.32. The molecule has 98 valence electrons. The van der Waals surface area contributed by atoms with E-state index in [-0.39, 0.29) is 24.2 Å². The predicted molar refractivity (Wildman–Crippen MR) is 68.5 cm³/mol. The third-order valence-corrected chi connectivity index (χ3v) is 3.32. The molecule has 1 aromatic rings. The molecule has 1 rings (SSSR count). The van der Waals surface area contributed by atoms with Crippen molar-refractivity contribution in [2.75, 3.05) is 13.7 Å². The van der Waals surface area contributed by atoms with E-state index in [0.29, 0.717) is 0 Å². The van der Waals surface area contributed by atoms with Gasteiger partial charge in [0.2, 0.25) is 0 Å². The number of aliphatic hydroxyl groups excluding tert-OH is 1. The lowest BCUT2D eigenvalue weighted by Crippen LogP contribution is -2.50. The number of nitrogens with two attached hydrogens (primary N) is 1. The Kier molecular flexibility index (Phi) is 4.30. The summed E-state index contributed by atoms with van der Waals surface area (Å²) >= 11 is 0. The molecule has 2 unspecified atom stereocenters. The maximum absolute atomic E-state index is 9.44. The highest BCUT2D eigenvalue weighted by Crippen LogP contribution is 2.28. The summed E-state index contributed by atoms with van der Waals surface area (Å²) in [5.41, 5.74) is 6.83. The third kappa shape index (κ3) is 3.06. The van der Waals surface area contributed by atoms with Crippen molar-refractivity contribution in [2.45, 2.75) is 38.4 Å². The standard InChI is InChI=1S/C12H24N4O/c1-9(13)11(10-6-14-15(4)7-10)16(5)12(2,3)8-17/h6-7,9,11,17H,8,13H2,1-5H3. The number of aromatic nitrogens is 2. The van der Waals surface area contributed by atoms with Gasteiger partial charge in [-0.2, -0.15) is 5.10 Å². The molecule has 1 heterocycles. The van der Waals surface area contributed by atoms with E-state index in [0.717, 1.165) is 5.56 Å². The normalized spacial score (nSPS) is 16.2. The van der Waals surface area contributed by atoms with Crippen molar-refractivity contribution >= 4 is 0 Å². The minimum absolute atomic E-state index is 0.0324. The number of rotatable bonds is 5. The van der Waals surface area contributed by atoms with Crippen LogP contribution in [0.15, 0.2) is 12.4 Å². The van der Waals surface area contributed by atoms with Crippen LogP contribution in [0.3, 0.4) is 0 Å². The van der Waals surface area contributed by atoms with Crippen molar-refractivity contribution < 1.29 is 5.11 Å². The summed E-state index contributed by atoms with van der Waals surface area (Å²) in [5.74, 6) is 0. The van der Waals surface area contributed by atoms with Crippen molar-refractivity contribution in [3.8, 4) is 0 Å². The van der Waals surface area contributed by atoms with E-state index >= 15 is 0 Å². The number of aryl methyl sites for hydroxylation is 1. The van der Waals surface area contributed by atoms with E-state index in [4.69, 9.17) is 5.73 Å². The molecule has 0 amide bonds. The van der Waals surface area contributed by atoms with Crippen molar-refractivity contribution in [2.24, 2.45) is 12.8 Å². The summed E-state index contributed by atoms with van der Waals surface area (Å²) in [6, 6.07) is 0.0147. The first kappa shape index (κ1) is 14.2. The molecular formula is C12H24N4O. The second-order valence-electron chi connectivity index (χ2n) is 5.33. The van der Waals surface area contributed by atoms with E-state index in [2.05, 4.69) is 10.00 Å². The molecule has 1 aromatic heterocycles. The smallest absolute Gasteiger partial charge is 0.0610 e. The lowest BCUT2D eigenvalue weighted by atomic mass is 9.96. The topological polar surface area (TPSA) is 67.3 Å². The van der Waals surface area contributed by atoms with Crippen LogP contribution in [0, 0.1) is 0 Å². The van der Waals surface area contributed by atoms with Gasteiger partial charge in [0, 0.05) is 30.4 Å². The van der Waals surface area contributed by atoms with Crippen LogP contribution in [0.5, 0.6) is 0 Å². The highest BCUT2D eigenvalue weighted by molar-refractivity contribution is 5.14. The second kappa shape index (κ2) is 5.16.